The number of likely N-dealkylation sites (tertiary alicyclic amines) is 2. The number of alkyl halides is 3. The zero-order valence-electron chi connectivity index (χ0n) is 17.9. The summed E-state index contributed by atoms with van der Waals surface area (Å²) in [6.07, 6.45) is 1.26. The number of carbonyl (C=O) groups is 1. The van der Waals surface area contributed by atoms with Gasteiger partial charge in [0.25, 0.3) is 5.91 Å². The molecule has 2 aliphatic rings. The second kappa shape index (κ2) is 9.03. The zero-order chi connectivity index (χ0) is 22.0. The first-order chi connectivity index (χ1) is 14.9. The van der Waals surface area contributed by atoms with E-state index in [9.17, 15) is 18.0 Å². The molecule has 2 aliphatic heterocycles. The topological polar surface area (TPSA) is 23.6 Å². The third kappa shape index (κ3) is 4.64. The molecule has 0 aromatic heterocycles. The van der Waals surface area contributed by atoms with E-state index in [1.807, 2.05) is 17.0 Å². The molecule has 166 valence electrons. The molecule has 0 radical (unpaired) electrons. The Balaban J connectivity index is 1.48. The molecule has 2 unspecified atom stereocenters. The van der Waals surface area contributed by atoms with Crippen LogP contribution in [0.5, 0.6) is 0 Å². The van der Waals surface area contributed by atoms with Gasteiger partial charge in [0.1, 0.15) is 0 Å². The summed E-state index contributed by atoms with van der Waals surface area (Å²) in [5.41, 5.74) is 1.48. The summed E-state index contributed by atoms with van der Waals surface area (Å²) in [6.45, 7) is 5.25. The van der Waals surface area contributed by atoms with Crippen LogP contribution in [0.3, 0.4) is 0 Å². The Hall–Kier alpha value is -2.34. The Morgan fingerprint density at radius 1 is 0.935 bits per heavy atom. The van der Waals surface area contributed by atoms with Crippen molar-refractivity contribution in [2.24, 2.45) is 0 Å². The zero-order valence-corrected chi connectivity index (χ0v) is 17.9. The molecule has 4 rings (SSSR count). The first-order valence-electron chi connectivity index (χ1n) is 11.2. The standard InChI is InChI=1S/C25H29F3N2O/c1-2-22(29-15-3-4-16-29)23-6-5-17-30(23)24(31)20-9-7-18(8-10-20)19-11-13-21(14-12-19)25(26,27)28/h7-14,22-23H,2-6,15-17H2,1H3. The highest BCUT2D eigenvalue weighted by molar-refractivity contribution is 5.95. The lowest BCUT2D eigenvalue weighted by molar-refractivity contribution is -0.137. The van der Waals surface area contributed by atoms with Gasteiger partial charge in [0, 0.05) is 24.2 Å². The average Bonchev–Trinajstić information content (AvgIpc) is 3.47. The van der Waals surface area contributed by atoms with Gasteiger partial charge in [0.05, 0.1) is 5.56 Å². The molecule has 0 aliphatic carbocycles. The largest absolute Gasteiger partial charge is 0.416 e. The van der Waals surface area contributed by atoms with E-state index in [2.05, 4.69) is 11.8 Å². The molecular weight excluding hydrogens is 401 g/mol. The van der Waals surface area contributed by atoms with Gasteiger partial charge < -0.3 is 4.90 Å². The summed E-state index contributed by atoms with van der Waals surface area (Å²) in [4.78, 5) is 17.9. The summed E-state index contributed by atoms with van der Waals surface area (Å²) in [6, 6.07) is 13.0. The first kappa shape index (κ1) is 21.9. The number of hydrogen-bond acceptors (Lipinski definition) is 2. The molecule has 6 heteroatoms. The van der Waals surface area contributed by atoms with E-state index in [1.54, 1.807) is 12.1 Å². The van der Waals surface area contributed by atoms with Crippen molar-refractivity contribution in [3.8, 4) is 11.1 Å². The number of amides is 1. The van der Waals surface area contributed by atoms with Crippen molar-refractivity contribution >= 4 is 5.91 Å². The number of nitrogens with zero attached hydrogens (tertiary/aromatic N) is 2. The number of rotatable bonds is 5. The molecule has 0 spiro atoms. The molecule has 1 amide bonds. The average molecular weight is 431 g/mol. The van der Waals surface area contributed by atoms with E-state index in [4.69, 9.17) is 0 Å². The van der Waals surface area contributed by atoms with Gasteiger partial charge in [-0.2, -0.15) is 13.2 Å². The summed E-state index contributed by atoms with van der Waals surface area (Å²) in [7, 11) is 0. The molecule has 0 bridgehead atoms. The SMILES string of the molecule is CCC(C1CCCN1C(=O)c1ccc(-c2ccc(C(F)(F)F)cc2)cc1)N1CCCC1. The van der Waals surface area contributed by atoms with Gasteiger partial charge in [-0.1, -0.05) is 31.2 Å². The molecule has 2 fully saturated rings. The van der Waals surface area contributed by atoms with Crippen molar-refractivity contribution in [3.63, 3.8) is 0 Å². The number of hydrogen-bond donors (Lipinski definition) is 0. The Morgan fingerprint density at radius 3 is 2.06 bits per heavy atom. The number of carbonyl (C=O) groups excluding carboxylic acids is 1. The minimum Gasteiger partial charge on any atom is -0.334 e. The second-order valence-electron chi connectivity index (χ2n) is 8.58. The minimum atomic E-state index is -4.34. The fourth-order valence-electron chi connectivity index (χ4n) is 5.11. The van der Waals surface area contributed by atoms with Gasteiger partial charge in [-0.15, -0.1) is 0 Å². The maximum Gasteiger partial charge on any atom is 0.416 e. The fourth-order valence-corrected chi connectivity index (χ4v) is 5.11. The molecule has 0 saturated carbocycles. The van der Waals surface area contributed by atoms with Crippen LogP contribution in [0.15, 0.2) is 48.5 Å². The van der Waals surface area contributed by atoms with Crippen molar-refractivity contribution in [1.29, 1.82) is 0 Å². The third-order valence-electron chi connectivity index (χ3n) is 6.71. The van der Waals surface area contributed by atoms with Gasteiger partial charge in [-0.25, -0.2) is 0 Å². The summed E-state index contributed by atoms with van der Waals surface area (Å²) in [5, 5.41) is 0. The maximum absolute atomic E-state index is 13.3. The predicted octanol–water partition coefficient (Wildman–Crippen LogP) is 5.85. The van der Waals surface area contributed by atoms with Crippen LogP contribution in [0, 0.1) is 0 Å². The first-order valence-corrected chi connectivity index (χ1v) is 11.2. The molecule has 2 aromatic rings. The summed E-state index contributed by atoms with van der Waals surface area (Å²) in [5.74, 6) is 0.0547. The molecule has 2 aromatic carbocycles. The Bertz CT molecular complexity index is 886. The van der Waals surface area contributed by atoms with Crippen LogP contribution in [-0.4, -0.2) is 47.4 Å². The lowest BCUT2D eigenvalue weighted by Crippen LogP contribution is -2.49. The molecule has 2 heterocycles. The molecular formula is C25H29F3N2O. The third-order valence-corrected chi connectivity index (χ3v) is 6.71. The summed E-state index contributed by atoms with van der Waals surface area (Å²) < 4.78 is 38.3. The van der Waals surface area contributed by atoms with E-state index in [0.29, 0.717) is 17.2 Å². The van der Waals surface area contributed by atoms with Gasteiger partial charge in [-0.05, 0) is 80.6 Å². The van der Waals surface area contributed by atoms with Crippen LogP contribution in [0.1, 0.15) is 54.9 Å². The normalized spacial score (nSPS) is 20.9. The van der Waals surface area contributed by atoms with E-state index in [0.717, 1.165) is 56.6 Å². The van der Waals surface area contributed by atoms with E-state index >= 15 is 0 Å². The van der Waals surface area contributed by atoms with E-state index < -0.39 is 11.7 Å². The van der Waals surface area contributed by atoms with Crippen molar-refractivity contribution in [2.45, 2.75) is 57.3 Å². The molecule has 31 heavy (non-hydrogen) atoms. The van der Waals surface area contributed by atoms with Crippen molar-refractivity contribution < 1.29 is 18.0 Å². The van der Waals surface area contributed by atoms with Gasteiger partial charge in [0.15, 0.2) is 0 Å². The molecule has 2 atom stereocenters. The van der Waals surface area contributed by atoms with E-state index in [1.165, 1.54) is 25.0 Å². The highest BCUT2D eigenvalue weighted by Crippen LogP contribution is 2.32. The minimum absolute atomic E-state index is 0.0547. The Labute approximate surface area is 181 Å². The van der Waals surface area contributed by atoms with Crippen LogP contribution < -0.4 is 0 Å². The highest BCUT2D eigenvalue weighted by Gasteiger charge is 2.37. The fraction of sp³-hybridized carbons (Fsp3) is 0.480. The Kier molecular flexibility index (Phi) is 6.37. The molecule has 3 nitrogen and oxygen atoms in total. The predicted molar refractivity (Wildman–Crippen MR) is 116 cm³/mol. The quantitative estimate of drug-likeness (QED) is 0.594. The van der Waals surface area contributed by atoms with Gasteiger partial charge in [0.2, 0.25) is 0 Å². The van der Waals surface area contributed by atoms with E-state index in [-0.39, 0.29) is 11.9 Å². The van der Waals surface area contributed by atoms with Crippen molar-refractivity contribution in [2.75, 3.05) is 19.6 Å². The van der Waals surface area contributed by atoms with Crippen LogP contribution >= 0.6 is 0 Å². The molecule has 0 N–H and O–H groups in total. The maximum atomic E-state index is 13.3. The highest BCUT2D eigenvalue weighted by atomic mass is 19.4. The van der Waals surface area contributed by atoms with Gasteiger partial charge in [-0.3, -0.25) is 9.69 Å². The van der Waals surface area contributed by atoms with Gasteiger partial charge >= 0.3 is 6.18 Å². The van der Waals surface area contributed by atoms with Crippen LogP contribution in [-0.2, 0) is 6.18 Å². The lowest BCUT2D eigenvalue weighted by Gasteiger charge is -2.37. The van der Waals surface area contributed by atoms with Crippen LogP contribution in [0.2, 0.25) is 0 Å². The Morgan fingerprint density at radius 2 is 1.52 bits per heavy atom. The monoisotopic (exact) mass is 430 g/mol. The molecule has 2 saturated heterocycles. The number of halogens is 3. The van der Waals surface area contributed by atoms with Crippen molar-refractivity contribution in [3.05, 3.63) is 59.7 Å². The second-order valence-corrected chi connectivity index (χ2v) is 8.58. The van der Waals surface area contributed by atoms with Crippen LogP contribution in [0.25, 0.3) is 11.1 Å². The summed E-state index contributed by atoms with van der Waals surface area (Å²) >= 11 is 0. The van der Waals surface area contributed by atoms with Crippen molar-refractivity contribution in [1.82, 2.24) is 9.80 Å². The number of benzene rings is 2. The van der Waals surface area contributed by atoms with Crippen LogP contribution in [0.4, 0.5) is 13.2 Å². The smallest absolute Gasteiger partial charge is 0.334 e. The lowest BCUT2D eigenvalue weighted by atomic mass is 9.99.